The van der Waals surface area contributed by atoms with Gasteiger partial charge in [0.1, 0.15) is 11.0 Å². The van der Waals surface area contributed by atoms with E-state index in [2.05, 4.69) is 21.5 Å². The fourth-order valence-corrected chi connectivity index (χ4v) is 1.88. The van der Waals surface area contributed by atoms with Crippen LogP contribution in [0.4, 0.5) is 4.79 Å². The molecule has 0 radical (unpaired) electrons. The Labute approximate surface area is 108 Å². The average molecular weight is 267 g/mol. The second-order valence-electron chi connectivity index (χ2n) is 3.51. The number of urea groups is 1. The number of thiazole rings is 1. The number of amides is 2. The summed E-state index contributed by atoms with van der Waals surface area (Å²) in [7, 11) is 0. The Bertz CT molecular complexity index is 478. The summed E-state index contributed by atoms with van der Waals surface area (Å²) in [5.41, 5.74) is 0.882. The molecule has 1 aromatic rings. The number of hydrogen-bond acceptors (Lipinski definition) is 4. The van der Waals surface area contributed by atoms with Crippen LogP contribution in [0.3, 0.4) is 0 Å². The van der Waals surface area contributed by atoms with E-state index < -0.39 is 18.0 Å². The topological polar surface area (TPSA) is 91.3 Å². The molecule has 1 rings (SSSR count). The first-order valence-electron chi connectivity index (χ1n) is 5.14. The number of terminal acetylenes is 1. The van der Waals surface area contributed by atoms with Gasteiger partial charge < -0.3 is 15.7 Å². The van der Waals surface area contributed by atoms with E-state index in [-0.39, 0.29) is 13.0 Å². The van der Waals surface area contributed by atoms with E-state index in [1.54, 1.807) is 0 Å². The number of carboxylic acids is 1. The quantitative estimate of drug-likeness (QED) is 0.686. The number of rotatable bonds is 5. The van der Waals surface area contributed by atoms with Crippen molar-refractivity contribution in [1.29, 1.82) is 0 Å². The first-order valence-corrected chi connectivity index (χ1v) is 6.02. The van der Waals surface area contributed by atoms with E-state index in [9.17, 15) is 9.59 Å². The number of aliphatic carboxylic acids is 1. The van der Waals surface area contributed by atoms with Gasteiger partial charge in [0.2, 0.25) is 0 Å². The molecule has 1 heterocycles. The number of aromatic nitrogens is 1. The van der Waals surface area contributed by atoms with Gasteiger partial charge in [-0.3, -0.25) is 0 Å². The number of carboxylic acid groups (broad SMARTS) is 1. The highest BCUT2D eigenvalue weighted by molar-refractivity contribution is 7.09. The molecule has 0 spiro atoms. The van der Waals surface area contributed by atoms with Gasteiger partial charge in [0.15, 0.2) is 0 Å². The van der Waals surface area contributed by atoms with Crippen LogP contribution in [0.25, 0.3) is 0 Å². The second-order valence-corrected chi connectivity index (χ2v) is 4.45. The Morgan fingerprint density at radius 1 is 1.67 bits per heavy atom. The monoisotopic (exact) mass is 267 g/mol. The Hall–Kier alpha value is -2.07. The van der Waals surface area contributed by atoms with E-state index in [0.29, 0.717) is 0 Å². The highest BCUT2D eigenvalue weighted by atomic mass is 32.1. The van der Waals surface area contributed by atoms with Crippen molar-refractivity contribution < 1.29 is 14.7 Å². The molecule has 0 aliphatic carbocycles. The van der Waals surface area contributed by atoms with Crippen molar-refractivity contribution in [3.63, 3.8) is 0 Å². The molecule has 0 aromatic carbocycles. The lowest BCUT2D eigenvalue weighted by Crippen LogP contribution is -2.45. The smallest absolute Gasteiger partial charge is 0.327 e. The number of carbonyl (C=O) groups excluding carboxylic acids is 1. The Morgan fingerprint density at radius 2 is 2.39 bits per heavy atom. The van der Waals surface area contributed by atoms with Crippen molar-refractivity contribution in [2.45, 2.75) is 25.9 Å². The summed E-state index contributed by atoms with van der Waals surface area (Å²) in [6.45, 7) is 2.11. The lowest BCUT2D eigenvalue weighted by atomic mass is 10.2. The summed E-state index contributed by atoms with van der Waals surface area (Å²) < 4.78 is 0. The third-order valence-corrected chi connectivity index (χ3v) is 2.96. The van der Waals surface area contributed by atoms with Crippen LogP contribution >= 0.6 is 11.3 Å². The predicted octanol–water partition coefficient (Wildman–Crippen LogP) is 0.727. The van der Waals surface area contributed by atoms with Crippen molar-refractivity contribution in [3.8, 4) is 12.3 Å². The van der Waals surface area contributed by atoms with Gasteiger partial charge in [-0.15, -0.1) is 23.7 Å². The predicted molar refractivity (Wildman–Crippen MR) is 67.1 cm³/mol. The van der Waals surface area contributed by atoms with Crippen LogP contribution in [0.5, 0.6) is 0 Å². The Balaban J connectivity index is 2.41. The first-order chi connectivity index (χ1) is 8.52. The van der Waals surface area contributed by atoms with Gasteiger partial charge in [0.25, 0.3) is 0 Å². The summed E-state index contributed by atoms with van der Waals surface area (Å²) in [5, 5.41) is 16.2. The van der Waals surface area contributed by atoms with Gasteiger partial charge in [-0.05, 0) is 6.92 Å². The van der Waals surface area contributed by atoms with Crippen molar-refractivity contribution in [2.24, 2.45) is 0 Å². The Kier molecular flexibility index (Phi) is 5.14. The summed E-state index contributed by atoms with van der Waals surface area (Å²) in [5.74, 6) is 1.04. The molecule has 0 fully saturated rings. The molecule has 6 nitrogen and oxygen atoms in total. The zero-order chi connectivity index (χ0) is 13.5. The third-order valence-electron chi connectivity index (χ3n) is 1.99. The van der Waals surface area contributed by atoms with Crippen LogP contribution in [0.15, 0.2) is 5.38 Å². The minimum absolute atomic E-state index is 0.0564. The molecule has 1 aromatic heterocycles. The molecular weight excluding hydrogens is 254 g/mol. The highest BCUT2D eigenvalue weighted by Gasteiger charge is 2.18. The molecule has 1 atom stereocenters. The standard InChI is InChI=1S/C11H13N3O3S/c1-3-4-8(10(15)16)14-11(17)12-5-9-13-7(2)6-18-9/h1,6,8H,4-5H2,2H3,(H,15,16)(H2,12,14,17). The SMILES string of the molecule is C#CCC(NC(=O)NCc1nc(C)cs1)C(=O)O. The van der Waals surface area contributed by atoms with E-state index in [1.807, 2.05) is 12.3 Å². The van der Waals surface area contributed by atoms with E-state index in [4.69, 9.17) is 11.5 Å². The van der Waals surface area contributed by atoms with Crippen LogP contribution < -0.4 is 10.6 Å². The van der Waals surface area contributed by atoms with Crippen molar-refractivity contribution in [1.82, 2.24) is 15.6 Å². The minimum atomic E-state index is -1.16. The van der Waals surface area contributed by atoms with Crippen molar-refractivity contribution >= 4 is 23.3 Å². The van der Waals surface area contributed by atoms with Crippen LogP contribution in [0.2, 0.25) is 0 Å². The zero-order valence-corrected chi connectivity index (χ0v) is 10.6. The third kappa shape index (κ3) is 4.43. The van der Waals surface area contributed by atoms with Crippen molar-refractivity contribution in [2.75, 3.05) is 0 Å². The number of aryl methyl sites for hydroxylation is 1. The molecule has 0 saturated carbocycles. The Morgan fingerprint density at radius 3 is 2.89 bits per heavy atom. The maximum atomic E-state index is 11.4. The summed E-state index contributed by atoms with van der Waals surface area (Å²) in [6, 6.07) is -1.65. The first kappa shape index (κ1) is 14.0. The molecule has 18 heavy (non-hydrogen) atoms. The number of carbonyl (C=O) groups is 2. The molecule has 3 N–H and O–H groups in total. The second kappa shape index (κ2) is 6.61. The minimum Gasteiger partial charge on any atom is -0.480 e. The van der Waals surface area contributed by atoms with E-state index in [0.717, 1.165) is 10.7 Å². The van der Waals surface area contributed by atoms with E-state index in [1.165, 1.54) is 11.3 Å². The largest absolute Gasteiger partial charge is 0.480 e. The molecule has 0 bridgehead atoms. The maximum absolute atomic E-state index is 11.4. The lowest BCUT2D eigenvalue weighted by molar-refractivity contribution is -0.139. The summed E-state index contributed by atoms with van der Waals surface area (Å²) >= 11 is 1.42. The molecule has 2 amide bonds. The van der Waals surface area contributed by atoms with Crippen LogP contribution in [-0.2, 0) is 11.3 Å². The molecule has 0 aliphatic heterocycles. The fraction of sp³-hybridized carbons (Fsp3) is 0.364. The summed E-state index contributed by atoms with van der Waals surface area (Å²) in [4.78, 5) is 26.4. The van der Waals surface area contributed by atoms with Gasteiger partial charge in [-0.25, -0.2) is 14.6 Å². The normalized spacial score (nSPS) is 11.3. The fourth-order valence-electron chi connectivity index (χ4n) is 1.17. The zero-order valence-electron chi connectivity index (χ0n) is 9.77. The van der Waals surface area contributed by atoms with Gasteiger partial charge in [-0.2, -0.15) is 0 Å². The molecule has 1 unspecified atom stereocenters. The average Bonchev–Trinajstić information content (AvgIpc) is 2.72. The van der Waals surface area contributed by atoms with Crippen LogP contribution in [-0.4, -0.2) is 28.1 Å². The highest BCUT2D eigenvalue weighted by Crippen LogP contribution is 2.07. The van der Waals surface area contributed by atoms with E-state index >= 15 is 0 Å². The molecule has 96 valence electrons. The van der Waals surface area contributed by atoms with Gasteiger partial charge >= 0.3 is 12.0 Å². The van der Waals surface area contributed by atoms with Gasteiger partial charge in [0, 0.05) is 17.5 Å². The number of nitrogens with zero attached hydrogens (tertiary/aromatic N) is 1. The number of hydrogen-bond donors (Lipinski definition) is 3. The molecule has 0 aliphatic rings. The number of nitrogens with one attached hydrogen (secondary N) is 2. The van der Waals surface area contributed by atoms with Crippen LogP contribution in [0.1, 0.15) is 17.1 Å². The van der Waals surface area contributed by atoms with Gasteiger partial charge in [-0.1, -0.05) is 0 Å². The molecule has 0 saturated heterocycles. The maximum Gasteiger partial charge on any atom is 0.327 e. The van der Waals surface area contributed by atoms with Gasteiger partial charge in [0.05, 0.1) is 6.54 Å². The molecule has 7 heteroatoms. The molecular formula is C11H13N3O3S. The van der Waals surface area contributed by atoms with Crippen LogP contribution in [0, 0.1) is 19.3 Å². The van der Waals surface area contributed by atoms with Crippen molar-refractivity contribution in [3.05, 3.63) is 16.1 Å². The summed E-state index contributed by atoms with van der Waals surface area (Å²) in [6.07, 6.45) is 4.96. The lowest BCUT2D eigenvalue weighted by Gasteiger charge is -2.12.